The van der Waals surface area contributed by atoms with Crippen molar-refractivity contribution in [2.75, 3.05) is 13.1 Å². The molecule has 0 fully saturated rings. The zero-order valence-electron chi connectivity index (χ0n) is 16.0. The van der Waals surface area contributed by atoms with Crippen LogP contribution in [0.3, 0.4) is 0 Å². The minimum atomic E-state index is -3.60. The minimum absolute atomic E-state index is 0.00409. The van der Waals surface area contributed by atoms with E-state index in [0.717, 1.165) is 11.5 Å². The fraction of sp³-hybridized carbons (Fsp3) is 0.412. The quantitative estimate of drug-likeness (QED) is 0.572. The van der Waals surface area contributed by atoms with Gasteiger partial charge >= 0.3 is 5.63 Å². The highest BCUT2D eigenvalue weighted by molar-refractivity contribution is 7.89. The van der Waals surface area contributed by atoms with E-state index in [1.807, 2.05) is 13.8 Å². The monoisotopic (exact) mass is 423 g/mol. The molecule has 3 aromatic rings. The van der Waals surface area contributed by atoms with Crippen LogP contribution in [0.4, 0.5) is 10.7 Å². The summed E-state index contributed by atoms with van der Waals surface area (Å²) in [7, 11) is -3.60. The molecular formula is C17H21N5O4S2. The molecule has 28 heavy (non-hydrogen) atoms. The predicted molar refractivity (Wildman–Crippen MR) is 107 cm³/mol. The summed E-state index contributed by atoms with van der Waals surface area (Å²) in [6.07, 6.45) is 0. The van der Waals surface area contributed by atoms with Crippen LogP contribution >= 0.6 is 11.5 Å². The molecule has 0 saturated carbocycles. The second-order valence-corrected chi connectivity index (χ2v) is 9.05. The summed E-state index contributed by atoms with van der Waals surface area (Å²) in [5, 5.41) is 11.7. The summed E-state index contributed by atoms with van der Waals surface area (Å²) < 4.78 is 36.0. The van der Waals surface area contributed by atoms with Gasteiger partial charge in [-0.1, -0.05) is 27.7 Å². The van der Waals surface area contributed by atoms with Gasteiger partial charge in [0.1, 0.15) is 0 Å². The highest BCUT2D eigenvalue weighted by Gasteiger charge is 2.23. The SMILES string of the molecule is CCN(CC)S(=O)(=O)c1ccc2nsc(N=Nc3c(C(C)C)[nH]oc3=O)c2c1. The van der Waals surface area contributed by atoms with Crippen molar-refractivity contribution in [3.05, 3.63) is 34.3 Å². The van der Waals surface area contributed by atoms with Gasteiger partial charge in [-0.05, 0) is 35.6 Å². The molecule has 1 aromatic carbocycles. The number of azo groups is 1. The number of aromatic amines is 1. The van der Waals surface area contributed by atoms with E-state index in [0.29, 0.717) is 34.7 Å². The number of aromatic nitrogens is 2. The second-order valence-electron chi connectivity index (χ2n) is 6.36. The van der Waals surface area contributed by atoms with Crippen molar-refractivity contribution in [3.8, 4) is 0 Å². The maximum absolute atomic E-state index is 12.8. The normalized spacial score (nSPS) is 12.8. The number of fused-ring (bicyclic) bond motifs is 1. The van der Waals surface area contributed by atoms with Gasteiger partial charge in [-0.15, -0.1) is 10.2 Å². The summed E-state index contributed by atoms with van der Waals surface area (Å²) >= 11 is 1.08. The van der Waals surface area contributed by atoms with Crippen LogP contribution in [0, 0.1) is 0 Å². The van der Waals surface area contributed by atoms with Crippen molar-refractivity contribution in [1.29, 1.82) is 0 Å². The van der Waals surface area contributed by atoms with Gasteiger partial charge in [-0.3, -0.25) is 0 Å². The highest BCUT2D eigenvalue weighted by Crippen LogP contribution is 2.34. The van der Waals surface area contributed by atoms with Crippen LogP contribution in [-0.2, 0) is 10.0 Å². The molecule has 9 nitrogen and oxygen atoms in total. The van der Waals surface area contributed by atoms with Gasteiger partial charge in [0, 0.05) is 18.5 Å². The molecule has 2 heterocycles. The van der Waals surface area contributed by atoms with Crippen LogP contribution in [0.1, 0.15) is 39.3 Å². The molecule has 150 valence electrons. The van der Waals surface area contributed by atoms with Crippen LogP contribution in [-0.4, -0.2) is 35.3 Å². The Morgan fingerprint density at radius 3 is 2.61 bits per heavy atom. The van der Waals surface area contributed by atoms with E-state index < -0.39 is 15.6 Å². The van der Waals surface area contributed by atoms with Gasteiger partial charge in [0.15, 0.2) is 10.7 Å². The lowest BCUT2D eigenvalue weighted by molar-refractivity contribution is 0.382. The molecule has 0 radical (unpaired) electrons. The number of nitrogens with one attached hydrogen (secondary N) is 1. The lowest BCUT2D eigenvalue weighted by atomic mass is 10.1. The van der Waals surface area contributed by atoms with Gasteiger partial charge in [-0.2, -0.15) is 8.68 Å². The molecule has 0 spiro atoms. The van der Waals surface area contributed by atoms with E-state index in [1.165, 1.54) is 10.4 Å². The molecular weight excluding hydrogens is 402 g/mol. The number of H-pyrrole nitrogens is 1. The summed E-state index contributed by atoms with van der Waals surface area (Å²) in [4.78, 5) is 12.0. The molecule has 3 rings (SSSR count). The minimum Gasteiger partial charge on any atom is -0.336 e. The van der Waals surface area contributed by atoms with E-state index in [2.05, 4.69) is 19.8 Å². The first kappa shape index (κ1) is 20.4. The van der Waals surface area contributed by atoms with E-state index in [4.69, 9.17) is 4.52 Å². The maximum Gasteiger partial charge on any atom is 0.384 e. The van der Waals surface area contributed by atoms with Crippen molar-refractivity contribution >= 4 is 43.1 Å². The standard InChI is InChI=1S/C17H21N5O4S2/c1-5-22(6-2)28(24,25)11-7-8-13-12(9-11)16(27-21-13)19-18-15-14(10(3)4)20-26-17(15)23/h7-10,20H,5-6H2,1-4H3. The van der Waals surface area contributed by atoms with Gasteiger partial charge in [0.05, 0.1) is 16.1 Å². The molecule has 0 aliphatic rings. The van der Waals surface area contributed by atoms with Crippen LogP contribution in [0.15, 0.2) is 42.6 Å². The predicted octanol–water partition coefficient (Wildman–Crippen LogP) is 4.15. The number of rotatable bonds is 7. The average molecular weight is 424 g/mol. The van der Waals surface area contributed by atoms with Crippen LogP contribution in [0.25, 0.3) is 10.9 Å². The zero-order valence-corrected chi connectivity index (χ0v) is 17.6. The molecule has 0 saturated heterocycles. The molecule has 1 N–H and O–H groups in total. The number of sulfonamides is 1. The Morgan fingerprint density at radius 1 is 1.25 bits per heavy atom. The van der Waals surface area contributed by atoms with Crippen molar-refractivity contribution in [1.82, 2.24) is 13.8 Å². The number of nitrogens with zero attached hydrogens (tertiary/aromatic N) is 4. The fourth-order valence-corrected chi connectivity index (χ4v) is 4.91. The molecule has 0 bridgehead atoms. The lowest BCUT2D eigenvalue weighted by Gasteiger charge is -2.18. The fourth-order valence-electron chi connectivity index (χ4n) is 2.74. The van der Waals surface area contributed by atoms with Gasteiger partial charge in [-0.25, -0.2) is 18.4 Å². The Bertz CT molecular complexity index is 1170. The third-order valence-electron chi connectivity index (χ3n) is 4.29. The number of hydrogen-bond acceptors (Lipinski definition) is 8. The average Bonchev–Trinajstić information content (AvgIpc) is 3.23. The van der Waals surface area contributed by atoms with Gasteiger partial charge in [0.25, 0.3) is 0 Å². The molecule has 0 aliphatic carbocycles. The van der Waals surface area contributed by atoms with Crippen LogP contribution < -0.4 is 5.63 Å². The third kappa shape index (κ3) is 3.64. The van der Waals surface area contributed by atoms with E-state index in [9.17, 15) is 13.2 Å². The Balaban J connectivity index is 2.05. The van der Waals surface area contributed by atoms with E-state index in [1.54, 1.807) is 26.0 Å². The van der Waals surface area contributed by atoms with Crippen molar-refractivity contribution < 1.29 is 12.9 Å². The Labute approximate surface area is 166 Å². The van der Waals surface area contributed by atoms with E-state index >= 15 is 0 Å². The summed E-state index contributed by atoms with van der Waals surface area (Å²) in [6, 6.07) is 4.73. The first-order valence-corrected chi connectivity index (χ1v) is 11.0. The number of hydrogen-bond donors (Lipinski definition) is 1. The second kappa shape index (κ2) is 7.94. The first-order chi connectivity index (χ1) is 13.3. The molecule has 0 amide bonds. The third-order valence-corrected chi connectivity index (χ3v) is 7.10. The summed E-state index contributed by atoms with van der Waals surface area (Å²) in [6.45, 7) is 8.14. The van der Waals surface area contributed by atoms with Crippen LogP contribution in [0.5, 0.6) is 0 Å². The first-order valence-electron chi connectivity index (χ1n) is 8.82. The Morgan fingerprint density at radius 2 is 1.96 bits per heavy atom. The number of benzene rings is 1. The molecule has 0 unspecified atom stereocenters. The largest absolute Gasteiger partial charge is 0.384 e. The highest BCUT2D eigenvalue weighted by atomic mass is 32.2. The zero-order chi connectivity index (χ0) is 20.5. The van der Waals surface area contributed by atoms with Crippen LogP contribution in [0.2, 0.25) is 0 Å². The maximum atomic E-state index is 12.8. The molecule has 11 heteroatoms. The topological polar surface area (TPSA) is 121 Å². The van der Waals surface area contributed by atoms with E-state index in [-0.39, 0.29) is 16.5 Å². The molecule has 0 atom stereocenters. The van der Waals surface area contributed by atoms with Gasteiger partial charge < -0.3 is 4.52 Å². The van der Waals surface area contributed by atoms with Crippen molar-refractivity contribution in [3.63, 3.8) is 0 Å². The van der Waals surface area contributed by atoms with Crippen molar-refractivity contribution in [2.45, 2.75) is 38.5 Å². The summed E-state index contributed by atoms with van der Waals surface area (Å²) in [5.74, 6) is 0.00409. The summed E-state index contributed by atoms with van der Waals surface area (Å²) in [5.41, 5.74) is 0.657. The van der Waals surface area contributed by atoms with Gasteiger partial charge in [0.2, 0.25) is 10.0 Å². The Hall–Kier alpha value is -2.37. The molecule has 0 aliphatic heterocycles. The lowest BCUT2D eigenvalue weighted by Crippen LogP contribution is -2.30. The Kier molecular flexibility index (Phi) is 5.77. The molecule has 2 aromatic heterocycles. The smallest absolute Gasteiger partial charge is 0.336 e. The van der Waals surface area contributed by atoms with Crippen molar-refractivity contribution in [2.24, 2.45) is 10.2 Å².